The molecule has 0 amide bonds. The summed E-state index contributed by atoms with van der Waals surface area (Å²) in [4.78, 5) is 13.6. The van der Waals surface area contributed by atoms with Gasteiger partial charge in [0, 0.05) is 18.5 Å². The molecule has 0 fully saturated rings. The van der Waals surface area contributed by atoms with Crippen molar-refractivity contribution >= 4 is 5.78 Å². The molecule has 78 valence electrons. The molecule has 0 atom stereocenters. The summed E-state index contributed by atoms with van der Waals surface area (Å²) in [6, 6.07) is 0. The number of hydrogen-bond donors (Lipinski definition) is 1. The normalized spacial score (nSPS) is 12.2. The van der Waals surface area contributed by atoms with E-state index in [2.05, 4.69) is 5.32 Å². The second-order valence-electron chi connectivity index (χ2n) is 4.51. The van der Waals surface area contributed by atoms with Gasteiger partial charge in [-0.1, -0.05) is 20.8 Å². The van der Waals surface area contributed by atoms with E-state index in [0.29, 0.717) is 12.3 Å². The fraction of sp³-hybridized carbons (Fsp3) is 0.900. The molecule has 0 rings (SSSR count). The summed E-state index contributed by atoms with van der Waals surface area (Å²) in [5.41, 5.74) is -0.214. The van der Waals surface area contributed by atoms with Gasteiger partial charge in [-0.05, 0) is 14.1 Å². The molecule has 3 heteroatoms. The molecule has 0 bridgehead atoms. The minimum Gasteiger partial charge on any atom is -0.318 e. The number of rotatable bonds is 5. The van der Waals surface area contributed by atoms with E-state index < -0.39 is 0 Å². The third-order valence-electron chi connectivity index (χ3n) is 1.99. The molecule has 13 heavy (non-hydrogen) atoms. The number of nitrogens with zero attached hydrogens (tertiary/aromatic N) is 1. The molecule has 0 unspecified atom stereocenters. The van der Waals surface area contributed by atoms with Gasteiger partial charge in [0.2, 0.25) is 0 Å². The number of hydrogen-bond acceptors (Lipinski definition) is 3. The Morgan fingerprint density at radius 2 is 1.92 bits per heavy atom. The van der Waals surface area contributed by atoms with Crippen LogP contribution >= 0.6 is 0 Å². The van der Waals surface area contributed by atoms with Crippen molar-refractivity contribution in [2.24, 2.45) is 5.41 Å². The van der Waals surface area contributed by atoms with E-state index in [1.807, 2.05) is 39.8 Å². The molecule has 3 nitrogen and oxygen atoms in total. The molecular formula is C10H22N2O. The van der Waals surface area contributed by atoms with E-state index >= 15 is 0 Å². The topological polar surface area (TPSA) is 32.3 Å². The molecule has 0 spiro atoms. The molecule has 0 saturated carbocycles. The van der Waals surface area contributed by atoms with Crippen molar-refractivity contribution in [3.05, 3.63) is 0 Å². The Balaban J connectivity index is 3.79. The Morgan fingerprint density at radius 3 is 2.31 bits per heavy atom. The van der Waals surface area contributed by atoms with Crippen LogP contribution in [0.5, 0.6) is 0 Å². The summed E-state index contributed by atoms with van der Waals surface area (Å²) in [6.07, 6.45) is 0. The first-order valence-corrected chi connectivity index (χ1v) is 4.74. The van der Waals surface area contributed by atoms with Crippen molar-refractivity contribution in [3.63, 3.8) is 0 Å². The zero-order chi connectivity index (χ0) is 10.5. The smallest absolute Gasteiger partial charge is 0.152 e. The lowest BCUT2D eigenvalue weighted by atomic mass is 9.90. The van der Waals surface area contributed by atoms with Crippen LogP contribution in [0.4, 0.5) is 0 Å². The van der Waals surface area contributed by atoms with E-state index in [-0.39, 0.29) is 5.41 Å². The molecule has 0 aromatic carbocycles. The summed E-state index contributed by atoms with van der Waals surface area (Å²) in [5.74, 6) is 0.297. The maximum absolute atomic E-state index is 11.6. The molecule has 0 aliphatic carbocycles. The summed E-state index contributed by atoms with van der Waals surface area (Å²) in [6.45, 7) is 8.27. The van der Waals surface area contributed by atoms with Gasteiger partial charge in [-0.3, -0.25) is 9.69 Å². The van der Waals surface area contributed by atoms with Gasteiger partial charge in [-0.2, -0.15) is 0 Å². The molecular weight excluding hydrogens is 164 g/mol. The lowest BCUT2D eigenvalue weighted by molar-refractivity contribution is -0.127. The average Bonchev–Trinajstić information content (AvgIpc) is 1.99. The van der Waals surface area contributed by atoms with Gasteiger partial charge in [0.05, 0.1) is 6.54 Å². The van der Waals surface area contributed by atoms with Gasteiger partial charge in [0.25, 0.3) is 0 Å². The SMILES string of the molecule is CNCCN(C)CC(=O)C(C)(C)C. The highest BCUT2D eigenvalue weighted by Gasteiger charge is 2.21. The Kier molecular flexibility index (Phi) is 5.18. The van der Waals surface area contributed by atoms with E-state index in [4.69, 9.17) is 0 Å². The van der Waals surface area contributed by atoms with Crippen LogP contribution in [0.1, 0.15) is 20.8 Å². The molecule has 1 N–H and O–H groups in total. The van der Waals surface area contributed by atoms with E-state index in [1.165, 1.54) is 0 Å². The number of Topliss-reactive ketones (excluding diaryl/α,β-unsaturated/α-hetero) is 1. The van der Waals surface area contributed by atoms with Crippen molar-refractivity contribution in [1.82, 2.24) is 10.2 Å². The Bertz CT molecular complexity index is 161. The Morgan fingerprint density at radius 1 is 1.38 bits per heavy atom. The van der Waals surface area contributed by atoms with Crippen LogP contribution < -0.4 is 5.32 Å². The van der Waals surface area contributed by atoms with Crippen LogP contribution in [0.15, 0.2) is 0 Å². The highest BCUT2D eigenvalue weighted by atomic mass is 16.1. The van der Waals surface area contributed by atoms with Crippen molar-refractivity contribution in [2.75, 3.05) is 33.7 Å². The predicted molar refractivity (Wildman–Crippen MR) is 55.9 cm³/mol. The molecule has 0 radical (unpaired) electrons. The molecule has 0 aliphatic heterocycles. The Hall–Kier alpha value is -0.410. The highest BCUT2D eigenvalue weighted by Crippen LogP contribution is 2.14. The lowest BCUT2D eigenvalue weighted by Gasteiger charge is -2.22. The number of nitrogens with one attached hydrogen (secondary N) is 1. The third-order valence-corrected chi connectivity index (χ3v) is 1.99. The monoisotopic (exact) mass is 186 g/mol. The van der Waals surface area contributed by atoms with Gasteiger partial charge in [-0.15, -0.1) is 0 Å². The molecule has 0 aromatic heterocycles. The lowest BCUT2D eigenvalue weighted by Crippen LogP contribution is -2.36. The van der Waals surface area contributed by atoms with E-state index in [0.717, 1.165) is 13.1 Å². The second-order valence-corrected chi connectivity index (χ2v) is 4.51. The molecule has 0 saturated heterocycles. The molecule has 0 aliphatic rings. The van der Waals surface area contributed by atoms with Crippen molar-refractivity contribution in [3.8, 4) is 0 Å². The van der Waals surface area contributed by atoms with E-state index in [1.54, 1.807) is 0 Å². The number of likely N-dealkylation sites (N-methyl/N-ethyl adjacent to an activating group) is 2. The van der Waals surface area contributed by atoms with Crippen LogP contribution in [0.25, 0.3) is 0 Å². The van der Waals surface area contributed by atoms with Crippen molar-refractivity contribution < 1.29 is 4.79 Å². The van der Waals surface area contributed by atoms with Crippen LogP contribution in [-0.4, -0.2) is 44.4 Å². The minimum atomic E-state index is -0.214. The number of carbonyl (C=O) groups excluding carboxylic acids is 1. The summed E-state index contributed by atoms with van der Waals surface area (Å²) in [5, 5.41) is 3.06. The summed E-state index contributed by atoms with van der Waals surface area (Å²) < 4.78 is 0. The summed E-state index contributed by atoms with van der Waals surface area (Å²) >= 11 is 0. The van der Waals surface area contributed by atoms with Crippen LogP contribution in [0, 0.1) is 5.41 Å². The minimum absolute atomic E-state index is 0.214. The first kappa shape index (κ1) is 12.6. The van der Waals surface area contributed by atoms with Gasteiger partial charge in [0.1, 0.15) is 0 Å². The van der Waals surface area contributed by atoms with E-state index in [9.17, 15) is 4.79 Å². The van der Waals surface area contributed by atoms with Gasteiger partial charge >= 0.3 is 0 Å². The second kappa shape index (κ2) is 5.35. The van der Waals surface area contributed by atoms with Crippen LogP contribution in [-0.2, 0) is 4.79 Å². The maximum Gasteiger partial charge on any atom is 0.152 e. The quantitative estimate of drug-likeness (QED) is 0.688. The highest BCUT2D eigenvalue weighted by molar-refractivity contribution is 5.85. The first-order chi connectivity index (χ1) is 5.88. The Labute approximate surface area is 81.5 Å². The molecule has 0 aromatic rings. The summed E-state index contributed by atoms with van der Waals surface area (Å²) in [7, 11) is 3.89. The predicted octanol–water partition coefficient (Wildman–Crippen LogP) is 0.753. The fourth-order valence-electron chi connectivity index (χ4n) is 0.864. The zero-order valence-electron chi connectivity index (χ0n) is 9.48. The largest absolute Gasteiger partial charge is 0.318 e. The zero-order valence-corrected chi connectivity index (χ0v) is 9.48. The standard InChI is InChI=1S/C10H22N2O/c1-10(2,3)9(13)8-12(5)7-6-11-4/h11H,6-8H2,1-5H3. The van der Waals surface area contributed by atoms with Crippen molar-refractivity contribution in [1.29, 1.82) is 0 Å². The van der Waals surface area contributed by atoms with Crippen LogP contribution in [0.2, 0.25) is 0 Å². The first-order valence-electron chi connectivity index (χ1n) is 4.74. The fourth-order valence-corrected chi connectivity index (χ4v) is 0.864. The number of carbonyl (C=O) groups is 1. The van der Waals surface area contributed by atoms with Gasteiger partial charge in [0.15, 0.2) is 5.78 Å². The van der Waals surface area contributed by atoms with Crippen LogP contribution in [0.3, 0.4) is 0 Å². The van der Waals surface area contributed by atoms with Crippen molar-refractivity contribution in [2.45, 2.75) is 20.8 Å². The maximum atomic E-state index is 11.6. The third kappa shape index (κ3) is 5.77. The van der Waals surface area contributed by atoms with Gasteiger partial charge in [-0.25, -0.2) is 0 Å². The number of ketones is 1. The average molecular weight is 186 g/mol. The van der Waals surface area contributed by atoms with Gasteiger partial charge < -0.3 is 5.32 Å². The molecule has 0 heterocycles.